The van der Waals surface area contributed by atoms with Crippen LogP contribution in [0.3, 0.4) is 0 Å². The minimum absolute atomic E-state index is 0.0418. The first kappa shape index (κ1) is 19.0. The van der Waals surface area contributed by atoms with Crippen LogP contribution in [0.4, 0.5) is 11.1 Å². The van der Waals surface area contributed by atoms with Crippen LogP contribution in [0.1, 0.15) is 19.8 Å². The van der Waals surface area contributed by atoms with Crippen LogP contribution in [-0.2, 0) is 14.3 Å². The van der Waals surface area contributed by atoms with Crippen molar-refractivity contribution in [3.63, 3.8) is 0 Å². The molecule has 1 N–H and O–H groups in total. The molecule has 2 fully saturated rings. The Labute approximate surface area is 167 Å². The first-order chi connectivity index (χ1) is 13.6. The number of hydrogen-bond donors (Lipinski definition) is 1. The van der Waals surface area contributed by atoms with Gasteiger partial charge in [0, 0.05) is 20.2 Å². The smallest absolute Gasteiger partial charge is 0.232 e. The lowest BCUT2D eigenvalue weighted by molar-refractivity contribution is -0.138. The van der Waals surface area contributed by atoms with E-state index in [2.05, 4.69) is 25.2 Å². The van der Waals surface area contributed by atoms with Crippen LogP contribution in [0, 0.1) is 5.41 Å². The SMILES string of the molecule is COC1CC(C)(C(=O)Nc2ncc(Oc3cnc(N4CCOCC4)nc3)s2)C1. The van der Waals surface area contributed by atoms with Crippen molar-refractivity contribution in [1.82, 2.24) is 15.0 Å². The highest BCUT2D eigenvalue weighted by molar-refractivity contribution is 7.17. The largest absolute Gasteiger partial charge is 0.442 e. The first-order valence-corrected chi connectivity index (χ1v) is 10.00. The third-order valence-electron chi connectivity index (χ3n) is 5.07. The van der Waals surface area contributed by atoms with Crippen molar-refractivity contribution in [2.45, 2.75) is 25.9 Å². The summed E-state index contributed by atoms with van der Waals surface area (Å²) in [5.74, 6) is 1.14. The third-order valence-corrected chi connectivity index (χ3v) is 5.86. The molecule has 1 aliphatic heterocycles. The predicted molar refractivity (Wildman–Crippen MR) is 104 cm³/mol. The highest BCUT2D eigenvalue weighted by Gasteiger charge is 2.46. The Bertz CT molecular complexity index is 816. The summed E-state index contributed by atoms with van der Waals surface area (Å²) < 4.78 is 16.4. The summed E-state index contributed by atoms with van der Waals surface area (Å²) in [5.41, 5.74) is -0.406. The lowest BCUT2D eigenvalue weighted by Crippen LogP contribution is -2.48. The van der Waals surface area contributed by atoms with E-state index in [0.29, 0.717) is 35.1 Å². The highest BCUT2D eigenvalue weighted by Crippen LogP contribution is 2.43. The minimum Gasteiger partial charge on any atom is -0.442 e. The molecular weight excluding hydrogens is 382 g/mol. The van der Waals surface area contributed by atoms with Gasteiger partial charge in [-0.25, -0.2) is 15.0 Å². The molecule has 1 aliphatic carbocycles. The van der Waals surface area contributed by atoms with Gasteiger partial charge in [-0.15, -0.1) is 0 Å². The van der Waals surface area contributed by atoms with E-state index in [1.165, 1.54) is 11.3 Å². The van der Waals surface area contributed by atoms with Gasteiger partial charge in [-0.2, -0.15) is 0 Å². The summed E-state index contributed by atoms with van der Waals surface area (Å²) in [6.07, 6.45) is 6.45. The monoisotopic (exact) mass is 405 g/mol. The number of hydrogen-bond acceptors (Lipinski definition) is 9. The molecule has 0 radical (unpaired) electrons. The number of ether oxygens (including phenoxy) is 3. The number of morpholine rings is 1. The molecule has 0 bridgehead atoms. The Morgan fingerprint density at radius 2 is 1.96 bits per heavy atom. The van der Waals surface area contributed by atoms with E-state index in [1.54, 1.807) is 25.7 Å². The molecule has 0 aromatic carbocycles. The van der Waals surface area contributed by atoms with Crippen molar-refractivity contribution in [2.75, 3.05) is 43.6 Å². The molecule has 3 heterocycles. The zero-order chi connectivity index (χ0) is 19.6. The normalized spacial score (nSPS) is 24.5. The second-order valence-corrected chi connectivity index (χ2v) is 8.18. The number of carbonyl (C=O) groups excluding carboxylic acids is 1. The van der Waals surface area contributed by atoms with Gasteiger partial charge in [0.25, 0.3) is 0 Å². The maximum atomic E-state index is 12.5. The number of nitrogens with one attached hydrogen (secondary N) is 1. The zero-order valence-corrected chi connectivity index (χ0v) is 16.7. The molecular formula is C18H23N5O4S. The quantitative estimate of drug-likeness (QED) is 0.782. The van der Waals surface area contributed by atoms with E-state index in [4.69, 9.17) is 14.2 Å². The minimum atomic E-state index is -0.406. The Balaban J connectivity index is 1.32. The number of methoxy groups -OCH3 is 1. The Morgan fingerprint density at radius 1 is 1.25 bits per heavy atom. The summed E-state index contributed by atoms with van der Waals surface area (Å²) in [6.45, 7) is 4.87. The molecule has 2 aromatic heterocycles. The molecule has 28 heavy (non-hydrogen) atoms. The molecule has 1 saturated heterocycles. The van der Waals surface area contributed by atoms with Gasteiger partial charge in [0.05, 0.1) is 43.3 Å². The molecule has 0 atom stereocenters. The summed E-state index contributed by atoms with van der Waals surface area (Å²) in [5, 5.41) is 3.94. The fraction of sp³-hybridized carbons (Fsp3) is 0.556. The molecule has 2 aliphatic rings. The van der Waals surface area contributed by atoms with Gasteiger partial charge in [-0.3, -0.25) is 4.79 Å². The van der Waals surface area contributed by atoms with Crippen LogP contribution >= 0.6 is 11.3 Å². The van der Waals surface area contributed by atoms with Crippen molar-refractivity contribution in [3.8, 4) is 10.8 Å². The topological polar surface area (TPSA) is 98.7 Å². The Hall–Kier alpha value is -2.30. The fourth-order valence-corrected chi connectivity index (χ4v) is 4.00. The summed E-state index contributed by atoms with van der Waals surface area (Å²) >= 11 is 1.27. The third kappa shape index (κ3) is 4.08. The number of anilines is 2. The van der Waals surface area contributed by atoms with Crippen LogP contribution < -0.4 is 15.0 Å². The average molecular weight is 405 g/mol. The lowest BCUT2D eigenvalue weighted by atomic mass is 9.67. The molecule has 0 unspecified atom stereocenters. The van der Waals surface area contributed by atoms with Crippen molar-refractivity contribution in [3.05, 3.63) is 18.6 Å². The van der Waals surface area contributed by atoms with E-state index in [0.717, 1.165) is 25.9 Å². The fourth-order valence-electron chi connectivity index (χ4n) is 3.31. The highest BCUT2D eigenvalue weighted by atomic mass is 32.1. The van der Waals surface area contributed by atoms with Crippen LogP contribution in [-0.4, -0.2) is 60.4 Å². The van der Waals surface area contributed by atoms with Crippen LogP contribution in [0.15, 0.2) is 18.6 Å². The van der Waals surface area contributed by atoms with E-state index in [-0.39, 0.29) is 12.0 Å². The summed E-state index contributed by atoms with van der Waals surface area (Å²) in [4.78, 5) is 27.5. The maximum Gasteiger partial charge on any atom is 0.232 e. The number of amides is 1. The second-order valence-electron chi connectivity index (χ2n) is 7.19. The molecule has 2 aromatic rings. The number of rotatable bonds is 6. The van der Waals surface area contributed by atoms with Gasteiger partial charge in [0.15, 0.2) is 10.9 Å². The molecule has 150 valence electrons. The number of nitrogens with zero attached hydrogens (tertiary/aromatic N) is 4. The van der Waals surface area contributed by atoms with Crippen molar-refractivity contribution in [1.29, 1.82) is 0 Å². The van der Waals surface area contributed by atoms with Gasteiger partial charge in [0.1, 0.15) is 0 Å². The molecule has 4 rings (SSSR count). The molecule has 10 heteroatoms. The maximum absolute atomic E-state index is 12.5. The molecule has 1 saturated carbocycles. The van der Waals surface area contributed by atoms with Gasteiger partial charge in [-0.1, -0.05) is 18.3 Å². The molecule has 0 spiro atoms. The van der Waals surface area contributed by atoms with Crippen molar-refractivity contribution >= 4 is 28.3 Å². The average Bonchev–Trinajstić information content (AvgIpc) is 3.13. The van der Waals surface area contributed by atoms with Gasteiger partial charge in [0.2, 0.25) is 16.9 Å². The van der Waals surface area contributed by atoms with Crippen LogP contribution in [0.2, 0.25) is 0 Å². The summed E-state index contributed by atoms with van der Waals surface area (Å²) in [6, 6.07) is 0. The number of aromatic nitrogens is 3. The molecule has 1 amide bonds. The Kier molecular flexibility index (Phi) is 5.42. The van der Waals surface area contributed by atoms with Gasteiger partial charge in [-0.05, 0) is 12.8 Å². The van der Waals surface area contributed by atoms with Gasteiger partial charge >= 0.3 is 0 Å². The summed E-state index contributed by atoms with van der Waals surface area (Å²) in [7, 11) is 1.67. The lowest BCUT2D eigenvalue weighted by Gasteiger charge is -2.42. The van der Waals surface area contributed by atoms with Crippen LogP contribution in [0.25, 0.3) is 0 Å². The Morgan fingerprint density at radius 3 is 2.64 bits per heavy atom. The first-order valence-electron chi connectivity index (χ1n) is 9.18. The van der Waals surface area contributed by atoms with Crippen LogP contribution in [0.5, 0.6) is 10.8 Å². The molecule has 9 nitrogen and oxygen atoms in total. The second kappa shape index (κ2) is 7.98. The van der Waals surface area contributed by atoms with Gasteiger partial charge < -0.3 is 24.4 Å². The standard InChI is InChI=1S/C18H23N5O4S/c1-18(7-12(8-18)25-2)15(24)22-17-21-11-14(28-17)27-13-9-19-16(20-10-13)23-3-5-26-6-4-23/h9-12H,3-8H2,1-2H3,(H,21,22,24). The number of carbonyl (C=O) groups is 1. The van der Waals surface area contributed by atoms with Crippen molar-refractivity contribution < 1.29 is 19.0 Å². The zero-order valence-electron chi connectivity index (χ0n) is 15.9. The number of thiazole rings is 1. The van der Waals surface area contributed by atoms with E-state index < -0.39 is 5.41 Å². The van der Waals surface area contributed by atoms with E-state index >= 15 is 0 Å². The predicted octanol–water partition coefficient (Wildman–Crippen LogP) is 2.32. The van der Waals surface area contributed by atoms with E-state index in [9.17, 15) is 4.79 Å². The van der Waals surface area contributed by atoms with E-state index in [1.807, 2.05) is 6.92 Å². The van der Waals surface area contributed by atoms with Crippen molar-refractivity contribution in [2.24, 2.45) is 5.41 Å².